The highest BCUT2D eigenvalue weighted by Crippen LogP contribution is 2.24. The smallest absolute Gasteiger partial charge is 0.338 e. The summed E-state index contributed by atoms with van der Waals surface area (Å²) in [5, 5.41) is 0. The van der Waals surface area contributed by atoms with Crippen molar-refractivity contribution in [2.75, 3.05) is 6.61 Å². The summed E-state index contributed by atoms with van der Waals surface area (Å²) in [6.45, 7) is 2.12. The van der Waals surface area contributed by atoms with E-state index in [-0.39, 0.29) is 5.97 Å². The van der Waals surface area contributed by atoms with E-state index in [2.05, 4.69) is 0 Å². The first kappa shape index (κ1) is 13.0. The Balaban J connectivity index is 2.43. The van der Waals surface area contributed by atoms with Crippen LogP contribution in [0, 0.1) is 0 Å². The van der Waals surface area contributed by atoms with Crippen molar-refractivity contribution in [3.63, 3.8) is 0 Å². The number of carbonyl (C=O) groups excluding carboxylic acids is 2. The molecule has 0 saturated heterocycles. The number of hydrogen-bond acceptors (Lipinski definition) is 3. The maximum Gasteiger partial charge on any atom is 0.338 e. The molecule has 0 amide bonds. The minimum atomic E-state index is -0.336. The summed E-state index contributed by atoms with van der Waals surface area (Å²) in [6, 6.07) is 14.4. The third-order valence-corrected chi connectivity index (χ3v) is 2.78. The molecule has 0 aliphatic carbocycles. The Morgan fingerprint density at radius 1 is 1.11 bits per heavy atom. The average molecular weight is 254 g/mol. The Labute approximate surface area is 111 Å². The van der Waals surface area contributed by atoms with E-state index in [1.807, 2.05) is 24.3 Å². The Morgan fingerprint density at radius 2 is 1.79 bits per heavy atom. The highest BCUT2D eigenvalue weighted by molar-refractivity contribution is 5.97. The van der Waals surface area contributed by atoms with Crippen molar-refractivity contribution in [1.82, 2.24) is 0 Å². The van der Waals surface area contributed by atoms with Gasteiger partial charge in [0, 0.05) is 5.56 Å². The summed E-state index contributed by atoms with van der Waals surface area (Å²) >= 11 is 0. The molecule has 0 radical (unpaired) electrons. The molecule has 0 aromatic heterocycles. The molecule has 0 fully saturated rings. The first-order chi connectivity index (χ1) is 9.26. The van der Waals surface area contributed by atoms with E-state index in [1.54, 1.807) is 31.2 Å². The van der Waals surface area contributed by atoms with Crippen LogP contribution in [-0.2, 0) is 4.74 Å². The van der Waals surface area contributed by atoms with Crippen molar-refractivity contribution in [3.8, 4) is 11.1 Å². The van der Waals surface area contributed by atoms with Gasteiger partial charge < -0.3 is 4.74 Å². The summed E-state index contributed by atoms with van der Waals surface area (Å²) < 4.78 is 5.04. The molecule has 0 N–H and O–H groups in total. The molecule has 0 unspecified atom stereocenters. The lowest BCUT2D eigenvalue weighted by molar-refractivity contribution is 0.0527. The van der Waals surface area contributed by atoms with Gasteiger partial charge in [-0.1, -0.05) is 42.5 Å². The zero-order chi connectivity index (χ0) is 13.7. The van der Waals surface area contributed by atoms with E-state index in [4.69, 9.17) is 4.74 Å². The number of hydrogen-bond donors (Lipinski definition) is 0. The van der Waals surface area contributed by atoms with Crippen molar-refractivity contribution < 1.29 is 14.3 Å². The molecule has 0 bridgehead atoms. The lowest BCUT2D eigenvalue weighted by atomic mass is 9.99. The van der Waals surface area contributed by atoms with E-state index in [0.717, 1.165) is 17.4 Å². The standard InChI is InChI=1S/C16H14O3/c1-2-19-16(18)15-6-4-3-5-14(15)13-9-7-12(11-17)8-10-13/h3-11H,2H2,1H3. The van der Waals surface area contributed by atoms with E-state index in [0.29, 0.717) is 17.7 Å². The van der Waals surface area contributed by atoms with Crippen LogP contribution in [-0.4, -0.2) is 18.9 Å². The fourth-order valence-electron chi connectivity index (χ4n) is 1.86. The summed E-state index contributed by atoms with van der Waals surface area (Å²) in [4.78, 5) is 22.5. The molecule has 0 aliphatic heterocycles. The third-order valence-electron chi connectivity index (χ3n) is 2.78. The quantitative estimate of drug-likeness (QED) is 0.620. The minimum absolute atomic E-state index is 0.336. The monoisotopic (exact) mass is 254 g/mol. The zero-order valence-corrected chi connectivity index (χ0v) is 10.6. The second-order valence-corrected chi connectivity index (χ2v) is 4.01. The first-order valence-corrected chi connectivity index (χ1v) is 6.08. The van der Waals surface area contributed by atoms with Gasteiger partial charge in [0.2, 0.25) is 0 Å². The molecule has 2 rings (SSSR count). The van der Waals surface area contributed by atoms with Gasteiger partial charge in [0.1, 0.15) is 6.29 Å². The van der Waals surface area contributed by atoms with Crippen LogP contribution in [0.15, 0.2) is 48.5 Å². The lowest BCUT2D eigenvalue weighted by Crippen LogP contribution is -2.06. The normalized spacial score (nSPS) is 9.95. The molecule has 96 valence electrons. The van der Waals surface area contributed by atoms with E-state index in [1.165, 1.54) is 0 Å². The summed E-state index contributed by atoms with van der Waals surface area (Å²) in [5.41, 5.74) is 2.83. The van der Waals surface area contributed by atoms with Crippen LogP contribution in [0.4, 0.5) is 0 Å². The van der Waals surface area contributed by atoms with E-state index < -0.39 is 0 Å². The van der Waals surface area contributed by atoms with Crippen molar-refractivity contribution >= 4 is 12.3 Å². The van der Waals surface area contributed by atoms with Crippen LogP contribution in [0.25, 0.3) is 11.1 Å². The number of carbonyl (C=O) groups is 2. The Kier molecular flexibility index (Phi) is 4.08. The van der Waals surface area contributed by atoms with Crippen LogP contribution >= 0.6 is 0 Å². The SMILES string of the molecule is CCOC(=O)c1ccccc1-c1ccc(C=O)cc1. The zero-order valence-electron chi connectivity index (χ0n) is 10.6. The van der Waals surface area contributed by atoms with E-state index in [9.17, 15) is 9.59 Å². The van der Waals surface area contributed by atoms with Gasteiger partial charge in [-0.15, -0.1) is 0 Å². The Morgan fingerprint density at radius 3 is 2.42 bits per heavy atom. The lowest BCUT2D eigenvalue weighted by Gasteiger charge is -2.09. The van der Waals surface area contributed by atoms with Crippen LogP contribution in [0.5, 0.6) is 0 Å². The van der Waals surface area contributed by atoms with E-state index >= 15 is 0 Å². The van der Waals surface area contributed by atoms with Crippen LogP contribution in [0.2, 0.25) is 0 Å². The topological polar surface area (TPSA) is 43.4 Å². The van der Waals surface area contributed by atoms with Gasteiger partial charge in [-0.25, -0.2) is 4.79 Å². The molecule has 0 heterocycles. The highest BCUT2D eigenvalue weighted by Gasteiger charge is 2.12. The third kappa shape index (κ3) is 2.88. The molecular weight excluding hydrogens is 240 g/mol. The minimum Gasteiger partial charge on any atom is -0.462 e. The van der Waals surface area contributed by atoms with Gasteiger partial charge >= 0.3 is 5.97 Å². The van der Waals surface area contributed by atoms with Crippen molar-refractivity contribution in [1.29, 1.82) is 0 Å². The number of benzene rings is 2. The largest absolute Gasteiger partial charge is 0.462 e. The maximum atomic E-state index is 11.9. The second kappa shape index (κ2) is 5.96. The summed E-state index contributed by atoms with van der Waals surface area (Å²) in [6.07, 6.45) is 0.793. The predicted molar refractivity (Wildman–Crippen MR) is 73.2 cm³/mol. The van der Waals surface area contributed by atoms with Gasteiger partial charge in [0.25, 0.3) is 0 Å². The number of esters is 1. The molecule has 2 aromatic carbocycles. The van der Waals surface area contributed by atoms with Crippen molar-refractivity contribution in [2.24, 2.45) is 0 Å². The molecule has 0 saturated carbocycles. The van der Waals surface area contributed by atoms with Crippen molar-refractivity contribution in [2.45, 2.75) is 6.92 Å². The van der Waals surface area contributed by atoms with Gasteiger partial charge in [0.15, 0.2) is 0 Å². The fourth-order valence-corrected chi connectivity index (χ4v) is 1.86. The van der Waals surface area contributed by atoms with Crippen LogP contribution in [0.3, 0.4) is 0 Å². The molecule has 0 atom stereocenters. The van der Waals surface area contributed by atoms with Crippen LogP contribution < -0.4 is 0 Å². The Bertz CT molecular complexity index is 585. The number of aldehydes is 1. The van der Waals surface area contributed by atoms with Crippen molar-refractivity contribution in [3.05, 3.63) is 59.7 Å². The molecule has 3 nitrogen and oxygen atoms in total. The van der Waals surface area contributed by atoms with Gasteiger partial charge in [-0.3, -0.25) is 4.79 Å². The summed E-state index contributed by atoms with van der Waals surface area (Å²) in [5.74, 6) is -0.336. The molecule has 3 heteroatoms. The van der Waals surface area contributed by atoms with Gasteiger partial charge in [-0.05, 0) is 24.1 Å². The van der Waals surface area contributed by atoms with Gasteiger partial charge in [0.05, 0.1) is 12.2 Å². The summed E-state index contributed by atoms with van der Waals surface area (Å²) in [7, 11) is 0. The number of rotatable bonds is 4. The predicted octanol–water partition coefficient (Wildman–Crippen LogP) is 3.34. The molecule has 19 heavy (non-hydrogen) atoms. The highest BCUT2D eigenvalue weighted by atomic mass is 16.5. The maximum absolute atomic E-state index is 11.9. The molecule has 0 aliphatic rings. The average Bonchev–Trinajstić information content (AvgIpc) is 2.47. The first-order valence-electron chi connectivity index (χ1n) is 6.08. The molecule has 0 spiro atoms. The van der Waals surface area contributed by atoms with Crippen LogP contribution in [0.1, 0.15) is 27.6 Å². The Hall–Kier alpha value is -2.42. The van der Waals surface area contributed by atoms with Gasteiger partial charge in [-0.2, -0.15) is 0 Å². The molecular formula is C16H14O3. The second-order valence-electron chi connectivity index (χ2n) is 4.01. The molecule has 2 aromatic rings. The number of ether oxygens (including phenoxy) is 1. The fraction of sp³-hybridized carbons (Fsp3) is 0.125.